The molecule has 92 valence electrons. The van der Waals surface area contributed by atoms with Crippen LogP contribution in [0.1, 0.15) is 12.5 Å². The van der Waals surface area contributed by atoms with Crippen LogP contribution in [0.15, 0.2) is 22.7 Å². The highest BCUT2D eigenvalue weighted by Crippen LogP contribution is 2.28. The molecule has 0 unspecified atom stereocenters. The standard InChI is InChI=1S/C10H11BrN2O4/c1-6(10(14)15)12-5-7-3-2-4-8(9(7)11)13(16)17/h2-4,6,12H,5H2,1H3,(H,14,15)/t6-/m0/s1. The fourth-order valence-corrected chi connectivity index (χ4v) is 1.74. The molecule has 0 saturated heterocycles. The minimum Gasteiger partial charge on any atom is -0.480 e. The van der Waals surface area contributed by atoms with Crippen LogP contribution in [0, 0.1) is 10.1 Å². The molecule has 1 rings (SSSR count). The van der Waals surface area contributed by atoms with E-state index in [-0.39, 0.29) is 12.2 Å². The normalized spacial score (nSPS) is 12.1. The van der Waals surface area contributed by atoms with E-state index in [9.17, 15) is 14.9 Å². The monoisotopic (exact) mass is 302 g/mol. The molecule has 2 N–H and O–H groups in total. The summed E-state index contributed by atoms with van der Waals surface area (Å²) in [6, 6.07) is 3.93. The van der Waals surface area contributed by atoms with Crippen LogP contribution in [0.3, 0.4) is 0 Å². The van der Waals surface area contributed by atoms with Crippen molar-refractivity contribution in [1.82, 2.24) is 5.32 Å². The van der Waals surface area contributed by atoms with Gasteiger partial charge in [0, 0.05) is 12.6 Å². The first-order valence-corrected chi connectivity index (χ1v) is 5.60. The molecule has 0 aromatic heterocycles. The third-order valence-electron chi connectivity index (χ3n) is 2.22. The molecule has 1 atom stereocenters. The number of hydrogen-bond donors (Lipinski definition) is 2. The molecule has 7 heteroatoms. The van der Waals surface area contributed by atoms with Gasteiger partial charge in [-0.2, -0.15) is 0 Å². The Balaban J connectivity index is 2.82. The number of nitrogens with one attached hydrogen (secondary N) is 1. The van der Waals surface area contributed by atoms with Crippen molar-refractivity contribution >= 4 is 27.6 Å². The van der Waals surface area contributed by atoms with Gasteiger partial charge in [-0.3, -0.25) is 14.9 Å². The molecule has 0 aliphatic rings. The molecule has 0 fully saturated rings. The van der Waals surface area contributed by atoms with Gasteiger partial charge < -0.3 is 10.4 Å². The van der Waals surface area contributed by atoms with Gasteiger partial charge in [0.2, 0.25) is 0 Å². The Kier molecular flexibility index (Phi) is 4.59. The molecule has 0 amide bonds. The zero-order valence-electron chi connectivity index (χ0n) is 9.01. The molecule has 0 bridgehead atoms. The van der Waals surface area contributed by atoms with E-state index in [0.29, 0.717) is 10.0 Å². The lowest BCUT2D eigenvalue weighted by atomic mass is 10.2. The van der Waals surface area contributed by atoms with Gasteiger partial charge in [0.15, 0.2) is 0 Å². The number of rotatable bonds is 5. The molecule has 0 aliphatic heterocycles. The van der Waals surface area contributed by atoms with Crippen molar-refractivity contribution in [3.8, 4) is 0 Å². The van der Waals surface area contributed by atoms with Gasteiger partial charge in [0.05, 0.1) is 9.40 Å². The van der Waals surface area contributed by atoms with E-state index in [1.807, 2.05) is 0 Å². The van der Waals surface area contributed by atoms with Gasteiger partial charge >= 0.3 is 5.97 Å². The maximum Gasteiger partial charge on any atom is 0.320 e. The van der Waals surface area contributed by atoms with Crippen molar-refractivity contribution < 1.29 is 14.8 Å². The number of carbonyl (C=O) groups is 1. The molecule has 0 spiro atoms. The van der Waals surface area contributed by atoms with Crippen molar-refractivity contribution in [1.29, 1.82) is 0 Å². The summed E-state index contributed by atoms with van der Waals surface area (Å²) in [5.41, 5.74) is 0.611. The summed E-state index contributed by atoms with van der Waals surface area (Å²) in [4.78, 5) is 20.8. The first-order valence-electron chi connectivity index (χ1n) is 4.81. The number of hydrogen-bond acceptors (Lipinski definition) is 4. The SMILES string of the molecule is C[C@H](NCc1cccc([N+](=O)[O-])c1Br)C(=O)O. The first-order chi connectivity index (χ1) is 7.93. The molecule has 0 aliphatic carbocycles. The quantitative estimate of drug-likeness (QED) is 0.640. The Morgan fingerprint density at radius 2 is 2.29 bits per heavy atom. The third-order valence-corrected chi connectivity index (χ3v) is 3.14. The maximum atomic E-state index is 10.7. The first kappa shape index (κ1) is 13.6. The smallest absolute Gasteiger partial charge is 0.320 e. The molecule has 1 aromatic carbocycles. The Labute approximate surface area is 106 Å². The molecule has 0 radical (unpaired) electrons. The van der Waals surface area contributed by atoms with Crippen LogP contribution < -0.4 is 5.32 Å². The second-order valence-corrected chi connectivity index (χ2v) is 4.24. The number of aliphatic carboxylic acids is 1. The van der Waals surface area contributed by atoms with Crippen LogP contribution in [0.2, 0.25) is 0 Å². The lowest BCUT2D eigenvalue weighted by molar-refractivity contribution is -0.385. The van der Waals surface area contributed by atoms with Crippen LogP contribution in [-0.2, 0) is 11.3 Å². The number of benzene rings is 1. The summed E-state index contributed by atoms with van der Waals surface area (Å²) in [7, 11) is 0. The van der Waals surface area contributed by atoms with Crippen LogP contribution >= 0.6 is 15.9 Å². The lowest BCUT2D eigenvalue weighted by Crippen LogP contribution is -2.33. The molecule has 0 saturated carbocycles. The topological polar surface area (TPSA) is 92.5 Å². The molecular weight excluding hydrogens is 292 g/mol. The molecule has 1 aromatic rings. The molecule has 0 heterocycles. The van der Waals surface area contributed by atoms with Gasteiger partial charge in [-0.15, -0.1) is 0 Å². The van der Waals surface area contributed by atoms with Crippen molar-refractivity contribution in [3.05, 3.63) is 38.3 Å². The van der Waals surface area contributed by atoms with Crippen LogP contribution in [0.4, 0.5) is 5.69 Å². The number of halogens is 1. The second-order valence-electron chi connectivity index (χ2n) is 3.45. The van der Waals surface area contributed by atoms with Crippen molar-refractivity contribution in [2.24, 2.45) is 0 Å². The van der Waals surface area contributed by atoms with E-state index < -0.39 is 16.9 Å². The summed E-state index contributed by atoms with van der Waals surface area (Å²) < 4.78 is 0.370. The summed E-state index contributed by atoms with van der Waals surface area (Å²) in [6.45, 7) is 1.75. The van der Waals surface area contributed by atoms with Gasteiger partial charge in [-0.1, -0.05) is 12.1 Å². The average molecular weight is 303 g/mol. The Morgan fingerprint density at radius 3 is 2.82 bits per heavy atom. The van der Waals surface area contributed by atoms with Crippen molar-refractivity contribution in [2.75, 3.05) is 0 Å². The minimum absolute atomic E-state index is 0.0349. The molecule has 6 nitrogen and oxygen atoms in total. The van der Waals surface area contributed by atoms with Crippen LogP contribution in [-0.4, -0.2) is 22.0 Å². The van der Waals surface area contributed by atoms with Crippen molar-refractivity contribution in [3.63, 3.8) is 0 Å². The van der Waals surface area contributed by atoms with Crippen LogP contribution in [0.25, 0.3) is 0 Å². The van der Waals surface area contributed by atoms with E-state index in [1.165, 1.54) is 13.0 Å². The highest BCUT2D eigenvalue weighted by molar-refractivity contribution is 9.10. The Hall–Kier alpha value is -1.47. The lowest BCUT2D eigenvalue weighted by Gasteiger charge is -2.10. The predicted octanol–water partition coefficient (Wildman–Crippen LogP) is 1.92. The third kappa shape index (κ3) is 3.50. The van der Waals surface area contributed by atoms with E-state index in [1.54, 1.807) is 12.1 Å². The summed E-state index contributed by atoms with van der Waals surface area (Å²) >= 11 is 3.14. The zero-order valence-corrected chi connectivity index (χ0v) is 10.6. The number of carboxylic acid groups (broad SMARTS) is 1. The van der Waals surface area contributed by atoms with E-state index in [2.05, 4.69) is 21.2 Å². The average Bonchev–Trinajstić information content (AvgIpc) is 2.26. The number of carboxylic acids is 1. The van der Waals surface area contributed by atoms with E-state index in [4.69, 9.17) is 5.11 Å². The summed E-state index contributed by atoms with van der Waals surface area (Å²) in [5, 5.41) is 22.1. The summed E-state index contributed by atoms with van der Waals surface area (Å²) in [6.07, 6.45) is 0. The number of nitro benzene ring substituents is 1. The van der Waals surface area contributed by atoms with E-state index in [0.717, 1.165) is 0 Å². The van der Waals surface area contributed by atoms with E-state index >= 15 is 0 Å². The van der Waals surface area contributed by atoms with Gasteiger partial charge in [0.1, 0.15) is 6.04 Å². The number of nitro groups is 1. The zero-order chi connectivity index (χ0) is 13.0. The largest absolute Gasteiger partial charge is 0.480 e. The molecular formula is C10H11BrN2O4. The predicted molar refractivity (Wildman–Crippen MR) is 64.7 cm³/mol. The van der Waals surface area contributed by atoms with Gasteiger partial charge in [-0.25, -0.2) is 0 Å². The second kappa shape index (κ2) is 5.74. The van der Waals surface area contributed by atoms with Crippen molar-refractivity contribution in [2.45, 2.75) is 19.5 Å². The van der Waals surface area contributed by atoms with Gasteiger partial charge in [0.25, 0.3) is 5.69 Å². The fourth-order valence-electron chi connectivity index (χ4n) is 1.19. The number of nitrogens with zero attached hydrogens (tertiary/aromatic N) is 1. The maximum absolute atomic E-state index is 10.7. The minimum atomic E-state index is -0.966. The Bertz CT molecular complexity index is 450. The fraction of sp³-hybridized carbons (Fsp3) is 0.300. The summed E-state index contributed by atoms with van der Waals surface area (Å²) in [5.74, 6) is -0.966. The van der Waals surface area contributed by atoms with Gasteiger partial charge in [-0.05, 0) is 28.4 Å². The Morgan fingerprint density at radius 1 is 1.65 bits per heavy atom. The van der Waals surface area contributed by atoms with Crippen LogP contribution in [0.5, 0.6) is 0 Å². The highest BCUT2D eigenvalue weighted by atomic mass is 79.9. The molecule has 17 heavy (non-hydrogen) atoms. The highest BCUT2D eigenvalue weighted by Gasteiger charge is 2.16.